The molecule has 0 saturated carbocycles. The van der Waals surface area contributed by atoms with E-state index in [1.165, 1.54) is 21.4 Å². The van der Waals surface area contributed by atoms with Crippen LogP contribution in [-0.4, -0.2) is 34.7 Å². The van der Waals surface area contributed by atoms with Crippen molar-refractivity contribution >= 4 is 0 Å². The summed E-state index contributed by atoms with van der Waals surface area (Å²) >= 11 is 0. The molecule has 5 nitrogen and oxygen atoms in total. The van der Waals surface area contributed by atoms with Gasteiger partial charge in [-0.05, 0) is 21.0 Å². The lowest BCUT2D eigenvalue weighted by Crippen LogP contribution is -2.40. The second-order valence-corrected chi connectivity index (χ2v) is 3.68. The van der Waals surface area contributed by atoms with Crippen molar-refractivity contribution in [1.82, 2.24) is 14.0 Å². The minimum absolute atomic E-state index is 0.230. The zero-order valence-corrected chi connectivity index (χ0v) is 9.43. The number of aromatic nitrogens is 2. The fourth-order valence-electron chi connectivity index (χ4n) is 1.30. The zero-order chi connectivity index (χ0) is 11.4. The van der Waals surface area contributed by atoms with E-state index in [1.54, 1.807) is 0 Å². The molecule has 15 heavy (non-hydrogen) atoms. The van der Waals surface area contributed by atoms with Crippen LogP contribution >= 0.6 is 0 Å². The summed E-state index contributed by atoms with van der Waals surface area (Å²) in [5.74, 6) is 0. The highest BCUT2D eigenvalue weighted by Crippen LogP contribution is 1.81. The molecule has 0 aliphatic rings. The second-order valence-electron chi connectivity index (χ2n) is 3.68. The average molecular weight is 211 g/mol. The van der Waals surface area contributed by atoms with Crippen molar-refractivity contribution in [3.8, 4) is 0 Å². The Morgan fingerprint density at radius 3 is 2.53 bits per heavy atom. The second kappa shape index (κ2) is 4.93. The summed E-state index contributed by atoms with van der Waals surface area (Å²) < 4.78 is 2.79. The maximum Gasteiger partial charge on any atom is 0.330 e. The average Bonchev–Trinajstić information content (AvgIpc) is 2.17. The zero-order valence-electron chi connectivity index (χ0n) is 9.43. The first kappa shape index (κ1) is 11.7. The number of aryl methyl sites for hydroxylation is 1. The van der Waals surface area contributed by atoms with E-state index in [0.29, 0.717) is 19.6 Å². The van der Waals surface area contributed by atoms with Gasteiger partial charge in [0, 0.05) is 31.9 Å². The van der Waals surface area contributed by atoms with Crippen molar-refractivity contribution in [2.45, 2.75) is 20.0 Å². The Hall–Kier alpha value is -1.36. The minimum Gasteiger partial charge on any atom is -0.308 e. The summed E-state index contributed by atoms with van der Waals surface area (Å²) in [5, 5.41) is 0. The van der Waals surface area contributed by atoms with Crippen LogP contribution in [-0.2, 0) is 13.1 Å². The first-order chi connectivity index (χ1) is 7.06. The summed E-state index contributed by atoms with van der Waals surface area (Å²) in [4.78, 5) is 25.1. The molecule has 0 spiro atoms. The summed E-state index contributed by atoms with van der Waals surface area (Å²) in [6.07, 6.45) is 1.54. The molecule has 0 aliphatic carbocycles. The van der Waals surface area contributed by atoms with Crippen molar-refractivity contribution in [1.29, 1.82) is 0 Å². The van der Waals surface area contributed by atoms with Crippen LogP contribution < -0.4 is 11.2 Å². The molecule has 0 aromatic carbocycles. The lowest BCUT2D eigenvalue weighted by Gasteiger charge is -2.11. The van der Waals surface area contributed by atoms with Gasteiger partial charge in [-0.1, -0.05) is 0 Å². The van der Waals surface area contributed by atoms with Crippen LogP contribution in [0.15, 0.2) is 21.9 Å². The fraction of sp³-hybridized carbons (Fsp3) is 0.600. The number of nitrogens with zero attached hydrogens (tertiary/aromatic N) is 3. The number of rotatable bonds is 4. The molecule has 1 aromatic rings. The van der Waals surface area contributed by atoms with Crippen molar-refractivity contribution < 1.29 is 0 Å². The van der Waals surface area contributed by atoms with E-state index >= 15 is 0 Å². The number of hydrogen-bond acceptors (Lipinski definition) is 3. The fourth-order valence-corrected chi connectivity index (χ4v) is 1.30. The van der Waals surface area contributed by atoms with E-state index < -0.39 is 0 Å². The van der Waals surface area contributed by atoms with Gasteiger partial charge in [-0.2, -0.15) is 0 Å². The molecule has 1 rings (SSSR count). The molecule has 0 bridgehead atoms. The van der Waals surface area contributed by atoms with Gasteiger partial charge in [0.25, 0.3) is 5.56 Å². The molecule has 0 radical (unpaired) electrons. The normalized spacial score (nSPS) is 10.9. The first-order valence-electron chi connectivity index (χ1n) is 5.01. The molecule has 0 fully saturated rings. The van der Waals surface area contributed by atoms with Gasteiger partial charge in [0.1, 0.15) is 0 Å². The van der Waals surface area contributed by atoms with Crippen molar-refractivity contribution in [3.63, 3.8) is 0 Å². The highest BCUT2D eigenvalue weighted by Gasteiger charge is 2.03. The predicted molar refractivity (Wildman–Crippen MR) is 59.2 cm³/mol. The van der Waals surface area contributed by atoms with Crippen molar-refractivity contribution in [3.05, 3.63) is 33.1 Å². The van der Waals surface area contributed by atoms with Gasteiger partial charge >= 0.3 is 5.69 Å². The summed E-state index contributed by atoms with van der Waals surface area (Å²) in [7, 11) is 3.82. The topological polar surface area (TPSA) is 47.2 Å². The first-order valence-corrected chi connectivity index (χ1v) is 5.01. The van der Waals surface area contributed by atoms with Crippen LogP contribution in [0.4, 0.5) is 0 Å². The third-order valence-corrected chi connectivity index (χ3v) is 2.25. The van der Waals surface area contributed by atoms with Crippen LogP contribution in [0.3, 0.4) is 0 Å². The summed E-state index contributed by atoms with van der Waals surface area (Å²) in [5.41, 5.74) is -0.460. The van der Waals surface area contributed by atoms with Gasteiger partial charge in [0.15, 0.2) is 0 Å². The Bertz CT molecular complexity index is 431. The van der Waals surface area contributed by atoms with Crippen molar-refractivity contribution in [2.75, 3.05) is 20.6 Å². The molecule has 1 aromatic heterocycles. The van der Waals surface area contributed by atoms with E-state index in [9.17, 15) is 9.59 Å². The third-order valence-electron chi connectivity index (χ3n) is 2.25. The Balaban J connectivity index is 3.05. The molecule has 1 heterocycles. The molecule has 84 valence electrons. The Labute approximate surface area is 88.6 Å². The van der Waals surface area contributed by atoms with Crippen molar-refractivity contribution in [2.24, 2.45) is 0 Å². The smallest absolute Gasteiger partial charge is 0.308 e. The molecule has 0 aliphatic heterocycles. The molecule has 5 heteroatoms. The van der Waals surface area contributed by atoms with Gasteiger partial charge in [-0.3, -0.25) is 9.36 Å². The minimum atomic E-state index is -0.230. The Morgan fingerprint density at radius 2 is 2.00 bits per heavy atom. The molecule has 0 unspecified atom stereocenters. The van der Waals surface area contributed by atoms with E-state index in [2.05, 4.69) is 0 Å². The van der Waals surface area contributed by atoms with Gasteiger partial charge in [-0.15, -0.1) is 0 Å². The Morgan fingerprint density at radius 1 is 1.33 bits per heavy atom. The van der Waals surface area contributed by atoms with Gasteiger partial charge in [0.05, 0.1) is 0 Å². The SMILES string of the molecule is CCn1ccc(=O)n(CCN(C)C)c1=O. The molecule has 0 amide bonds. The monoisotopic (exact) mass is 211 g/mol. The molecule has 0 atom stereocenters. The van der Waals surface area contributed by atoms with Crippen LogP contribution in [0, 0.1) is 0 Å². The van der Waals surface area contributed by atoms with Gasteiger partial charge in [0.2, 0.25) is 0 Å². The molecule has 0 N–H and O–H groups in total. The number of hydrogen-bond donors (Lipinski definition) is 0. The molecular weight excluding hydrogens is 194 g/mol. The Kier molecular flexibility index (Phi) is 3.85. The van der Waals surface area contributed by atoms with Crippen LogP contribution in [0.1, 0.15) is 6.92 Å². The van der Waals surface area contributed by atoms with E-state index in [1.807, 2.05) is 25.9 Å². The van der Waals surface area contributed by atoms with E-state index in [-0.39, 0.29) is 11.2 Å². The lowest BCUT2D eigenvalue weighted by molar-refractivity contribution is 0.372. The predicted octanol–water partition coefficient (Wildman–Crippen LogP) is -0.408. The summed E-state index contributed by atoms with van der Waals surface area (Å²) in [6, 6.07) is 1.43. The van der Waals surface area contributed by atoms with Gasteiger partial charge in [-0.25, -0.2) is 4.79 Å². The lowest BCUT2D eigenvalue weighted by atomic mass is 10.5. The molecular formula is C10H17N3O2. The third kappa shape index (κ3) is 2.79. The van der Waals surface area contributed by atoms with E-state index in [4.69, 9.17) is 0 Å². The summed E-state index contributed by atoms with van der Waals surface area (Å²) in [6.45, 7) is 3.58. The van der Waals surface area contributed by atoms with Crippen LogP contribution in [0.25, 0.3) is 0 Å². The number of likely N-dealkylation sites (N-methyl/N-ethyl adjacent to an activating group) is 1. The quantitative estimate of drug-likeness (QED) is 0.680. The van der Waals surface area contributed by atoms with Gasteiger partial charge < -0.3 is 9.47 Å². The van der Waals surface area contributed by atoms with E-state index in [0.717, 1.165) is 0 Å². The van der Waals surface area contributed by atoms with Crippen LogP contribution in [0.2, 0.25) is 0 Å². The highest BCUT2D eigenvalue weighted by atomic mass is 16.2. The van der Waals surface area contributed by atoms with Crippen LogP contribution in [0.5, 0.6) is 0 Å². The largest absolute Gasteiger partial charge is 0.330 e. The maximum atomic E-state index is 11.7. The highest BCUT2D eigenvalue weighted by molar-refractivity contribution is 4.86. The maximum absolute atomic E-state index is 11.7. The standard InChI is InChI=1S/C10H17N3O2/c1-4-12-6-5-9(14)13(10(12)15)8-7-11(2)3/h5-6H,4,7-8H2,1-3H3. The molecule has 0 saturated heterocycles.